The summed E-state index contributed by atoms with van der Waals surface area (Å²) in [6.45, 7) is 4.62. The van der Waals surface area contributed by atoms with Crippen molar-refractivity contribution in [2.24, 2.45) is 0 Å². The number of rotatable bonds is 5. The maximum atomic E-state index is 5.30. The highest BCUT2D eigenvalue weighted by molar-refractivity contribution is 5.40. The van der Waals surface area contributed by atoms with Crippen molar-refractivity contribution in [3.8, 4) is 0 Å². The van der Waals surface area contributed by atoms with Gasteiger partial charge in [-0.05, 0) is 18.9 Å². The van der Waals surface area contributed by atoms with Crippen molar-refractivity contribution in [3.05, 3.63) is 12.3 Å². The van der Waals surface area contributed by atoms with Gasteiger partial charge in [0.2, 0.25) is 5.95 Å². The zero-order chi connectivity index (χ0) is 11.2. The van der Waals surface area contributed by atoms with Crippen LogP contribution in [0.5, 0.6) is 0 Å². The fourth-order valence-electron chi connectivity index (χ4n) is 1.62. The molecule has 88 valence electrons. The number of ether oxygens (including phenoxy) is 1. The van der Waals surface area contributed by atoms with Crippen LogP contribution < -0.4 is 10.6 Å². The molecule has 2 N–H and O–H groups in total. The molecule has 0 bridgehead atoms. The van der Waals surface area contributed by atoms with Crippen LogP contribution in [0.1, 0.15) is 19.8 Å². The van der Waals surface area contributed by atoms with Crippen molar-refractivity contribution in [1.82, 2.24) is 9.97 Å². The summed E-state index contributed by atoms with van der Waals surface area (Å²) in [6, 6.07) is 2.27. The Hall–Kier alpha value is -1.36. The Labute approximate surface area is 95.6 Å². The summed E-state index contributed by atoms with van der Waals surface area (Å²) < 4.78 is 5.30. The zero-order valence-electron chi connectivity index (χ0n) is 9.57. The first-order chi connectivity index (χ1) is 7.88. The maximum absolute atomic E-state index is 5.30. The molecule has 5 heteroatoms. The molecule has 2 rings (SSSR count). The van der Waals surface area contributed by atoms with Gasteiger partial charge in [0.15, 0.2) is 0 Å². The van der Waals surface area contributed by atoms with Gasteiger partial charge >= 0.3 is 0 Å². The van der Waals surface area contributed by atoms with Crippen molar-refractivity contribution in [2.75, 3.05) is 30.4 Å². The molecule has 1 saturated heterocycles. The van der Waals surface area contributed by atoms with Gasteiger partial charge < -0.3 is 15.4 Å². The number of nitrogens with one attached hydrogen (secondary N) is 2. The van der Waals surface area contributed by atoms with Crippen molar-refractivity contribution < 1.29 is 4.74 Å². The van der Waals surface area contributed by atoms with Crippen molar-refractivity contribution in [3.63, 3.8) is 0 Å². The number of nitrogens with zero attached hydrogens (tertiary/aromatic N) is 2. The molecule has 0 aromatic carbocycles. The fourth-order valence-corrected chi connectivity index (χ4v) is 1.62. The molecule has 1 aliphatic heterocycles. The smallest absolute Gasteiger partial charge is 0.224 e. The van der Waals surface area contributed by atoms with Gasteiger partial charge in [0.1, 0.15) is 5.82 Å². The number of aromatic nitrogens is 2. The summed E-state index contributed by atoms with van der Waals surface area (Å²) >= 11 is 0. The summed E-state index contributed by atoms with van der Waals surface area (Å²) in [5.41, 5.74) is 0. The van der Waals surface area contributed by atoms with E-state index in [9.17, 15) is 0 Å². The van der Waals surface area contributed by atoms with Gasteiger partial charge in [-0.15, -0.1) is 0 Å². The predicted molar refractivity (Wildman–Crippen MR) is 63.7 cm³/mol. The standard InChI is InChI=1S/C11H18N4O/c1-2-5-12-11-13-6-3-10(15-11)14-9-4-7-16-8-9/h3,6,9H,2,4-5,7-8H2,1H3,(H2,12,13,14,15). The second kappa shape index (κ2) is 5.65. The Bertz CT molecular complexity index is 326. The minimum absolute atomic E-state index is 0.383. The van der Waals surface area contributed by atoms with Crippen LogP contribution in [0.15, 0.2) is 12.3 Å². The summed E-state index contributed by atoms with van der Waals surface area (Å²) in [7, 11) is 0. The SMILES string of the molecule is CCCNc1nccc(NC2CCOC2)n1. The van der Waals surface area contributed by atoms with Crippen LogP contribution in [0, 0.1) is 0 Å². The molecule has 0 aliphatic carbocycles. The van der Waals surface area contributed by atoms with Gasteiger partial charge in [-0.25, -0.2) is 4.98 Å². The van der Waals surface area contributed by atoms with Crippen LogP contribution in [0.4, 0.5) is 11.8 Å². The molecule has 0 saturated carbocycles. The largest absolute Gasteiger partial charge is 0.379 e. The Morgan fingerprint density at radius 3 is 3.25 bits per heavy atom. The van der Waals surface area contributed by atoms with Crippen molar-refractivity contribution in [2.45, 2.75) is 25.8 Å². The van der Waals surface area contributed by atoms with E-state index in [-0.39, 0.29) is 0 Å². The Kier molecular flexibility index (Phi) is 3.93. The van der Waals surface area contributed by atoms with E-state index in [4.69, 9.17) is 4.74 Å². The lowest BCUT2D eigenvalue weighted by atomic mass is 10.2. The molecule has 0 spiro atoms. The first-order valence-corrected chi connectivity index (χ1v) is 5.79. The molecule has 1 atom stereocenters. The molecule has 1 aromatic heterocycles. The van der Waals surface area contributed by atoms with Crippen molar-refractivity contribution >= 4 is 11.8 Å². The van der Waals surface area contributed by atoms with E-state index in [1.807, 2.05) is 6.07 Å². The summed E-state index contributed by atoms with van der Waals surface area (Å²) in [5, 5.41) is 6.51. The van der Waals surface area contributed by atoms with Gasteiger partial charge in [-0.2, -0.15) is 4.98 Å². The normalized spacial score (nSPS) is 19.7. The predicted octanol–water partition coefficient (Wildman–Crippen LogP) is 1.50. The molecule has 2 heterocycles. The van der Waals surface area contributed by atoms with Crippen LogP contribution in [-0.4, -0.2) is 35.8 Å². The molecule has 0 amide bonds. The topological polar surface area (TPSA) is 59.1 Å². The average Bonchev–Trinajstić information content (AvgIpc) is 2.80. The molecule has 1 fully saturated rings. The van der Waals surface area contributed by atoms with Crippen molar-refractivity contribution in [1.29, 1.82) is 0 Å². The van der Waals surface area contributed by atoms with Crippen LogP contribution in [0.3, 0.4) is 0 Å². The van der Waals surface area contributed by atoms with Gasteiger partial charge in [0.05, 0.1) is 12.6 Å². The molecule has 1 aliphatic rings. The first kappa shape index (κ1) is 11.1. The molecule has 16 heavy (non-hydrogen) atoms. The van der Waals surface area contributed by atoms with Gasteiger partial charge in [0, 0.05) is 19.3 Å². The van der Waals surface area contributed by atoms with E-state index in [1.54, 1.807) is 6.20 Å². The van der Waals surface area contributed by atoms with Crippen LogP contribution in [-0.2, 0) is 4.74 Å². The molecule has 1 unspecified atom stereocenters. The minimum atomic E-state index is 0.383. The third kappa shape index (κ3) is 3.06. The minimum Gasteiger partial charge on any atom is -0.379 e. The summed E-state index contributed by atoms with van der Waals surface area (Å²) in [5.74, 6) is 1.55. The molecule has 0 radical (unpaired) electrons. The van der Waals surface area contributed by atoms with E-state index in [2.05, 4.69) is 27.5 Å². The zero-order valence-corrected chi connectivity index (χ0v) is 9.57. The van der Waals surface area contributed by atoms with Gasteiger partial charge in [-0.1, -0.05) is 6.92 Å². The second-order valence-corrected chi connectivity index (χ2v) is 3.90. The van der Waals surface area contributed by atoms with E-state index in [0.29, 0.717) is 12.0 Å². The Morgan fingerprint density at radius 1 is 1.56 bits per heavy atom. The monoisotopic (exact) mass is 222 g/mol. The lowest BCUT2D eigenvalue weighted by Gasteiger charge is -2.11. The number of hydrogen-bond acceptors (Lipinski definition) is 5. The lowest BCUT2D eigenvalue weighted by molar-refractivity contribution is 0.195. The quantitative estimate of drug-likeness (QED) is 0.790. The summed E-state index contributed by atoms with van der Waals surface area (Å²) in [6.07, 6.45) is 3.88. The van der Waals surface area contributed by atoms with Crippen LogP contribution in [0.25, 0.3) is 0 Å². The lowest BCUT2D eigenvalue weighted by Crippen LogP contribution is -2.20. The van der Waals surface area contributed by atoms with Crippen LogP contribution >= 0.6 is 0 Å². The molecular formula is C11H18N4O. The van der Waals surface area contributed by atoms with Crippen LogP contribution in [0.2, 0.25) is 0 Å². The third-order valence-electron chi connectivity index (χ3n) is 2.47. The second-order valence-electron chi connectivity index (χ2n) is 3.90. The highest BCUT2D eigenvalue weighted by Crippen LogP contribution is 2.12. The Morgan fingerprint density at radius 2 is 2.50 bits per heavy atom. The maximum Gasteiger partial charge on any atom is 0.224 e. The van der Waals surface area contributed by atoms with Gasteiger partial charge in [-0.3, -0.25) is 0 Å². The van der Waals surface area contributed by atoms with E-state index < -0.39 is 0 Å². The third-order valence-corrected chi connectivity index (χ3v) is 2.47. The first-order valence-electron chi connectivity index (χ1n) is 5.79. The highest BCUT2D eigenvalue weighted by Gasteiger charge is 2.15. The van der Waals surface area contributed by atoms with Gasteiger partial charge in [0.25, 0.3) is 0 Å². The van der Waals surface area contributed by atoms with E-state index >= 15 is 0 Å². The molecule has 5 nitrogen and oxygen atoms in total. The molecular weight excluding hydrogens is 204 g/mol. The number of hydrogen-bond donors (Lipinski definition) is 2. The van der Waals surface area contributed by atoms with E-state index in [0.717, 1.165) is 38.4 Å². The highest BCUT2D eigenvalue weighted by atomic mass is 16.5. The summed E-state index contributed by atoms with van der Waals surface area (Å²) in [4.78, 5) is 8.54. The number of anilines is 2. The fraction of sp³-hybridized carbons (Fsp3) is 0.636. The average molecular weight is 222 g/mol. The molecule has 1 aromatic rings. The van der Waals surface area contributed by atoms with E-state index in [1.165, 1.54) is 0 Å². The Balaban J connectivity index is 1.92.